The van der Waals surface area contributed by atoms with Crippen LogP contribution in [0.1, 0.15) is 12.0 Å². The SMILES string of the molecule is O=C1CC(=Cc2cc(Br)c3c(c2)OCCO3)C(=O)N1. The second-order valence-electron chi connectivity index (χ2n) is 4.25. The van der Waals surface area contributed by atoms with Gasteiger partial charge in [0.2, 0.25) is 5.91 Å². The molecule has 3 rings (SSSR count). The first-order valence-corrected chi connectivity index (χ1v) is 6.56. The van der Waals surface area contributed by atoms with E-state index in [1.54, 1.807) is 12.1 Å². The van der Waals surface area contributed by atoms with Crippen molar-refractivity contribution in [2.75, 3.05) is 13.2 Å². The number of halogens is 1. The first-order chi connectivity index (χ1) is 9.13. The van der Waals surface area contributed by atoms with E-state index in [1.165, 1.54) is 0 Å². The second-order valence-corrected chi connectivity index (χ2v) is 5.10. The molecule has 98 valence electrons. The molecule has 1 fully saturated rings. The maximum absolute atomic E-state index is 11.5. The van der Waals surface area contributed by atoms with Crippen LogP contribution < -0.4 is 14.8 Å². The molecule has 0 spiro atoms. The van der Waals surface area contributed by atoms with Crippen molar-refractivity contribution in [2.24, 2.45) is 0 Å². The van der Waals surface area contributed by atoms with Gasteiger partial charge in [0.25, 0.3) is 5.91 Å². The fourth-order valence-corrected chi connectivity index (χ4v) is 2.61. The number of carbonyl (C=O) groups excluding carboxylic acids is 2. The molecule has 1 N–H and O–H groups in total. The van der Waals surface area contributed by atoms with Gasteiger partial charge in [-0.05, 0) is 39.7 Å². The molecule has 0 bridgehead atoms. The highest BCUT2D eigenvalue weighted by Gasteiger charge is 2.24. The molecule has 2 heterocycles. The van der Waals surface area contributed by atoms with Crippen LogP contribution in [0.4, 0.5) is 0 Å². The van der Waals surface area contributed by atoms with Gasteiger partial charge in [0.15, 0.2) is 11.5 Å². The zero-order chi connectivity index (χ0) is 13.4. The summed E-state index contributed by atoms with van der Waals surface area (Å²) in [5.74, 6) is 0.696. The molecule has 19 heavy (non-hydrogen) atoms. The second kappa shape index (κ2) is 4.70. The third-order valence-electron chi connectivity index (χ3n) is 2.86. The third-order valence-corrected chi connectivity index (χ3v) is 3.44. The molecule has 0 atom stereocenters. The lowest BCUT2D eigenvalue weighted by Gasteiger charge is -2.20. The Bertz CT molecular complexity index is 609. The van der Waals surface area contributed by atoms with Crippen LogP contribution in [0, 0.1) is 0 Å². The Morgan fingerprint density at radius 3 is 2.74 bits per heavy atom. The standard InChI is InChI=1S/C13H10BrNO4/c14-9-4-7(3-8-6-11(16)15-13(8)17)5-10-12(9)19-2-1-18-10/h3-5H,1-2,6H2,(H,15,16,17). The van der Waals surface area contributed by atoms with Crippen molar-refractivity contribution in [1.29, 1.82) is 0 Å². The molecule has 1 aromatic carbocycles. The maximum atomic E-state index is 11.5. The van der Waals surface area contributed by atoms with Gasteiger partial charge in [-0.1, -0.05) is 0 Å². The number of amides is 2. The molecule has 2 aliphatic heterocycles. The zero-order valence-electron chi connectivity index (χ0n) is 9.86. The molecule has 0 radical (unpaired) electrons. The van der Waals surface area contributed by atoms with Crippen molar-refractivity contribution in [2.45, 2.75) is 6.42 Å². The van der Waals surface area contributed by atoms with Crippen LogP contribution >= 0.6 is 15.9 Å². The normalized spacial score (nSPS) is 19.7. The average Bonchev–Trinajstić information content (AvgIpc) is 2.68. The molecule has 2 aliphatic rings. The number of hydrogen-bond donors (Lipinski definition) is 1. The summed E-state index contributed by atoms with van der Waals surface area (Å²) in [6.07, 6.45) is 1.80. The number of benzene rings is 1. The minimum Gasteiger partial charge on any atom is -0.486 e. The molecule has 0 aliphatic carbocycles. The Morgan fingerprint density at radius 2 is 2.00 bits per heavy atom. The van der Waals surface area contributed by atoms with E-state index < -0.39 is 0 Å². The zero-order valence-corrected chi connectivity index (χ0v) is 11.5. The summed E-state index contributed by atoms with van der Waals surface area (Å²) in [5, 5.41) is 2.25. The van der Waals surface area contributed by atoms with Gasteiger partial charge in [-0.25, -0.2) is 0 Å². The molecule has 0 unspecified atom stereocenters. The van der Waals surface area contributed by atoms with Crippen molar-refractivity contribution in [3.8, 4) is 11.5 Å². The van der Waals surface area contributed by atoms with Crippen LogP contribution in [0.2, 0.25) is 0 Å². The average molecular weight is 324 g/mol. The lowest BCUT2D eigenvalue weighted by atomic mass is 10.1. The van der Waals surface area contributed by atoms with Crippen LogP contribution in [0.15, 0.2) is 22.2 Å². The minimum atomic E-state index is -0.337. The van der Waals surface area contributed by atoms with E-state index in [4.69, 9.17) is 9.47 Å². The summed E-state index contributed by atoms with van der Waals surface area (Å²) in [7, 11) is 0. The van der Waals surface area contributed by atoms with Gasteiger partial charge < -0.3 is 9.47 Å². The number of hydrogen-bond acceptors (Lipinski definition) is 4. The van der Waals surface area contributed by atoms with Crippen LogP contribution in [0.5, 0.6) is 11.5 Å². The maximum Gasteiger partial charge on any atom is 0.254 e. The first-order valence-electron chi connectivity index (χ1n) is 5.77. The number of imide groups is 1. The molecule has 0 aromatic heterocycles. The van der Waals surface area contributed by atoms with Gasteiger partial charge in [0.1, 0.15) is 13.2 Å². The molecular weight excluding hydrogens is 314 g/mol. The number of ether oxygens (including phenoxy) is 2. The van der Waals surface area contributed by atoms with E-state index in [-0.39, 0.29) is 18.2 Å². The largest absolute Gasteiger partial charge is 0.486 e. The Hall–Kier alpha value is -1.82. The lowest BCUT2D eigenvalue weighted by Crippen LogP contribution is -2.19. The number of nitrogens with one attached hydrogen (secondary N) is 1. The topological polar surface area (TPSA) is 64.6 Å². The minimum absolute atomic E-state index is 0.116. The smallest absolute Gasteiger partial charge is 0.254 e. The number of fused-ring (bicyclic) bond motifs is 1. The Morgan fingerprint density at radius 1 is 1.21 bits per heavy atom. The Kier molecular flexibility index (Phi) is 3.02. The summed E-state index contributed by atoms with van der Waals surface area (Å²) in [6.45, 7) is 1.02. The molecule has 2 amide bonds. The highest BCUT2D eigenvalue weighted by atomic mass is 79.9. The van der Waals surface area contributed by atoms with Crippen molar-refractivity contribution in [1.82, 2.24) is 5.32 Å². The highest BCUT2D eigenvalue weighted by Crippen LogP contribution is 2.39. The van der Waals surface area contributed by atoms with Crippen LogP contribution in [0.3, 0.4) is 0 Å². The quantitative estimate of drug-likeness (QED) is 0.630. The van der Waals surface area contributed by atoms with Gasteiger partial charge in [0, 0.05) is 5.57 Å². The van der Waals surface area contributed by atoms with E-state index in [2.05, 4.69) is 21.2 Å². The van der Waals surface area contributed by atoms with Crippen molar-refractivity contribution < 1.29 is 19.1 Å². The molecular formula is C13H10BrNO4. The van der Waals surface area contributed by atoms with Gasteiger partial charge in [-0.2, -0.15) is 0 Å². The monoisotopic (exact) mass is 323 g/mol. The van der Waals surface area contributed by atoms with E-state index in [0.717, 1.165) is 10.0 Å². The lowest BCUT2D eigenvalue weighted by molar-refractivity contribution is -0.124. The van der Waals surface area contributed by atoms with Gasteiger partial charge in [-0.15, -0.1) is 0 Å². The van der Waals surface area contributed by atoms with Crippen LogP contribution in [0.25, 0.3) is 6.08 Å². The molecule has 1 aromatic rings. The summed E-state index contributed by atoms with van der Waals surface area (Å²) >= 11 is 3.41. The predicted molar refractivity (Wildman–Crippen MR) is 70.9 cm³/mol. The number of rotatable bonds is 1. The molecule has 0 saturated carbocycles. The van der Waals surface area contributed by atoms with Gasteiger partial charge in [0.05, 0.1) is 10.9 Å². The van der Waals surface area contributed by atoms with E-state index >= 15 is 0 Å². The third kappa shape index (κ3) is 2.35. The van der Waals surface area contributed by atoms with Gasteiger partial charge >= 0.3 is 0 Å². The van der Waals surface area contributed by atoms with Crippen molar-refractivity contribution in [3.05, 3.63) is 27.7 Å². The van der Waals surface area contributed by atoms with Crippen molar-refractivity contribution in [3.63, 3.8) is 0 Å². The Balaban J connectivity index is 1.98. The predicted octanol–water partition coefficient (Wildman–Crippen LogP) is 1.65. The van der Waals surface area contributed by atoms with Crippen LogP contribution in [-0.4, -0.2) is 25.0 Å². The fourth-order valence-electron chi connectivity index (χ4n) is 2.04. The summed E-state index contributed by atoms with van der Waals surface area (Å²) in [6, 6.07) is 3.62. The molecule has 1 saturated heterocycles. The summed E-state index contributed by atoms with van der Waals surface area (Å²) in [4.78, 5) is 22.6. The van der Waals surface area contributed by atoms with Gasteiger partial charge in [-0.3, -0.25) is 14.9 Å². The number of carbonyl (C=O) groups is 2. The van der Waals surface area contributed by atoms with E-state index in [1.807, 2.05) is 6.07 Å². The molecule has 5 nitrogen and oxygen atoms in total. The Labute approximate surface area is 117 Å². The van der Waals surface area contributed by atoms with Crippen LogP contribution in [-0.2, 0) is 9.59 Å². The fraction of sp³-hybridized carbons (Fsp3) is 0.231. The van der Waals surface area contributed by atoms with Crippen molar-refractivity contribution >= 4 is 33.8 Å². The van der Waals surface area contributed by atoms with E-state index in [9.17, 15) is 9.59 Å². The molecule has 6 heteroatoms. The van der Waals surface area contributed by atoms with E-state index in [0.29, 0.717) is 30.3 Å². The first kappa shape index (κ1) is 12.2. The summed E-state index contributed by atoms with van der Waals surface area (Å²) < 4.78 is 11.8. The summed E-state index contributed by atoms with van der Waals surface area (Å²) in [5.41, 5.74) is 1.24. The highest BCUT2D eigenvalue weighted by molar-refractivity contribution is 9.10.